The molecule has 0 unspecified atom stereocenters. The highest BCUT2D eigenvalue weighted by atomic mass is 16.6. The Hall–Kier alpha value is -1.55. The molecule has 0 heterocycles. The van der Waals surface area contributed by atoms with Crippen LogP contribution in [0.3, 0.4) is 0 Å². The molecule has 4 heteroatoms. The summed E-state index contributed by atoms with van der Waals surface area (Å²) in [5.41, 5.74) is 6.79. The molecule has 0 aromatic heterocycles. The Morgan fingerprint density at radius 1 is 1.20 bits per heavy atom. The van der Waals surface area contributed by atoms with Crippen LogP contribution < -0.4 is 5.73 Å². The predicted octanol–water partition coefficient (Wildman–Crippen LogP) is 3.02. The molecule has 1 amide bonds. The van der Waals surface area contributed by atoms with Crippen molar-refractivity contribution in [2.75, 3.05) is 6.54 Å². The van der Waals surface area contributed by atoms with Crippen LogP contribution >= 0.6 is 0 Å². The summed E-state index contributed by atoms with van der Waals surface area (Å²) in [6, 6.07) is 9.74. The van der Waals surface area contributed by atoms with Crippen LogP contribution in [0.1, 0.15) is 33.3 Å². The van der Waals surface area contributed by atoms with Crippen LogP contribution in [-0.4, -0.2) is 29.6 Å². The van der Waals surface area contributed by atoms with Crippen molar-refractivity contribution in [2.24, 2.45) is 11.7 Å². The third-order valence-electron chi connectivity index (χ3n) is 3.34. The minimum absolute atomic E-state index is 0.00160. The number of rotatable bonds is 6. The maximum atomic E-state index is 12.3. The molecule has 4 nitrogen and oxygen atoms in total. The molecule has 0 aliphatic carbocycles. The van der Waals surface area contributed by atoms with E-state index in [0.29, 0.717) is 12.5 Å². The predicted molar refractivity (Wildman–Crippen MR) is 81.3 cm³/mol. The molecular weight excluding hydrogens is 252 g/mol. The zero-order valence-electron chi connectivity index (χ0n) is 12.9. The van der Waals surface area contributed by atoms with Gasteiger partial charge in [0.2, 0.25) is 0 Å². The first-order valence-electron chi connectivity index (χ1n) is 7.16. The fourth-order valence-electron chi connectivity index (χ4n) is 2.23. The number of nitrogens with zero attached hydrogens (tertiary/aromatic N) is 1. The molecule has 2 N–H and O–H groups in total. The third kappa shape index (κ3) is 4.53. The van der Waals surface area contributed by atoms with Gasteiger partial charge in [-0.25, -0.2) is 4.79 Å². The van der Waals surface area contributed by atoms with E-state index < -0.39 is 0 Å². The van der Waals surface area contributed by atoms with Crippen LogP contribution in [0.15, 0.2) is 30.3 Å². The van der Waals surface area contributed by atoms with Gasteiger partial charge in [-0.05, 0) is 25.3 Å². The van der Waals surface area contributed by atoms with E-state index in [2.05, 4.69) is 13.8 Å². The number of hydrogen-bond acceptors (Lipinski definition) is 3. The van der Waals surface area contributed by atoms with Crippen LogP contribution in [-0.2, 0) is 11.3 Å². The summed E-state index contributed by atoms with van der Waals surface area (Å²) in [5.74, 6) is 0.298. The molecule has 20 heavy (non-hydrogen) atoms. The van der Waals surface area contributed by atoms with Crippen LogP contribution in [0.5, 0.6) is 0 Å². The Balaban J connectivity index is 2.69. The van der Waals surface area contributed by atoms with E-state index in [1.54, 1.807) is 4.90 Å². The van der Waals surface area contributed by atoms with Gasteiger partial charge in [0, 0.05) is 18.6 Å². The highest BCUT2D eigenvalue weighted by Gasteiger charge is 2.28. The normalized spacial score (nSPS) is 12.6. The van der Waals surface area contributed by atoms with Gasteiger partial charge in [0.1, 0.15) is 6.61 Å². The molecule has 0 saturated carbocycles. The average molecular weight is 278 g/mol. The first-order valence-corrected chi connectivity index (χ1v) is 7.16. The lowest BCUT2D eigenvalue weighted by Gasteiger charge is -2.35. The van der Waals surface area contributed by atoms with Crippen molar-refractivity contribution in [1.29, 1.82) is 0 Å². The van der Waals surface area contributed by atoms with Crippen LogP contribution in [0.25, 0.3) is 0 Å². The number of nitrogens with two attached hydrogens (primary N) is 1. The lowest BCUT2D eigenvalue weighted by molar-refractivity contribution is 0.0583. The first-order chi connectivity index (χ1) is 9.47. The topological polar surface area (TPSA) is 55.6 Å². The van der Waals surface area contributed by atoms with E-state index in [0.717, 1.165) is 5.56 Å². The molecule has 0 saturated heterocycles. The number of ether oxygens (including phenoxy) is 1. The molecule has 0 radical (unpaired) electrons. The van der Waals surface area contributed by atoms with E-state index in [1.165, 1.54) is 0 Å². The first kappa shape index (κ1) is 16.5. The summed E-state index contributed by atoms with van der Waals surface area (Å²) in [4.78, 5) is 14.1. The Morgan fingerprint density at radius 2 is 1.80 bits per heavy atom. The average Bonchev–Trinajstić information content (AvgIpc) is 2.42. The summed E-state index contributed by atoms with van der Waals surface area (Å²) >= 11 is 0. The van der Waals surface area contributed by atoms with Gasteiger partial charge < -0.3 is 15.4 Å². The van der Waals surface area contributed by atoms with E-state index >= 15 is 0 Å². The number of carbonyl (C=O) groups excluding carboxylic acids is 1. The molecule has 1 aromatic carbocycles. The number of amides is 1. The molecule has 0 aliphatic heterocycles. The highest BCUT2D eigenvalue weighted by molar-refractivity contribution is 5.68. The second-order valence-corrected chi connectivity index (χ2v) is 5.59. The minimum Gasteiger partial charge on any atom is -0.445 e. The summed E-state index contributed by atoms with van der Waals surface area (Å²) < 4.78 is 5.42. The quantitative estimate of drug-likeness (QED) is 0.870. The Morgan fingerprint density at radius 3 is 2.25 bits per heavy atom. The second kappa shape index (κ2) is 7.90. The standard InChI is InChI=1S/C16H26N2O2/c1-12(2)15(10-17)18(13(3)4)16(19)20-11-14-8-6-5-7-9-14/h5-9,12-13,15H,10-11,17H2,1-4H3/t15-/m0/s1. The van der Waals surface area contributed by atoms with Gasteiger partial charge in [0.15, 0.2) is 0 Å². The molecule has 1 aromatic rings. The van der Waals surface area contributed by atoms with Crippen molar-refractivity contribution in [3.05, 3.63) is 35.9 Å². The summed E-state index contributed by atoms with van der Waals surface area (Å²) in [6.07, 6.45) is -0.298. The molecule has 112 valence electrons. The van der Waals surface area contributed by atoms with Gasteiger partial charge in [0.05, 0.1) is 0 Å². The molecule has 0 bridgehead atoms. The molecule has 0 fully saturated rings. The zero-order valence-corrected chi connectivity index (χ0v) is 12.9. The maximum Gasteiger partial charge on any atom is 0.410 e. The van der Waals surface area contributed by atoms with Crippen molar-refractivity contribution < 1.29 is 9.53 Å². The van der Waals surface area contributed by atoms with Crippen molar-refractivity contribution >= 4 is 6.09 Å². The van der Waals surface area contributed by atoms with E-state index in [-0.39, 0.29) is 24.8 Å². The highest BCUT2D eigenvalue weighted by Crippen LogP contribution is 2.15. The van der Waals surface area contributed by atoms with Gasteiger partial charge in [-0.3, -0.25) is 0 Å². The number of carbonyl (C=O) groups is 1. The maximum absolute atomic E-state index is 12.3. The smallest absolute Gasteiger partial charge is 0.410 e. The Kier molecular flexibility index (Phi) is 6.52. The van der Waals surface area contributed by atoms with Gasteiger partial charge in [-0.1, -0.05) is 44.2 Å². The number of benzene rings is 1. The number of hydrogen-bond donors (Lipinski definition) is 1. The van der Waals surface area contributed by atoms with Crippen molar-refractivity contribution in [3.8, 4) is 0 Å². The third-order valence-corrected chi connectivity index (χ3v) is 3.34. The monoisotopic (exact) mass is 278 g/mol. The second-order valence-electron chi connectivity index (χ2n) is 5.59. The van der Waals surface area contributed by atoms with Crippen LogP contribution in [0.4, 0.5) is 4.79 Å². The van der Waals surface area contributed by atoms with Gasteiger partial charge in [-0.2, -0.15) is 0 Å². The zero-order chi connectivity index (χ0) is 15.1. The lowest BCUT2D eigenvalue weighted by Crippen LogP contribution is -2.51. The van der Waals surface area contributed by atoms with Gasteiger partial charge in [-0.15, -0.1) is 0 Å². The Bertz CT molecular complexity index is 404. The molecule has 0 spiro atoms. The van der Waals surface area contributed by atoms with Crippen LogP contribution in [0.2, 0.25) is 0 Å². The van der Waals surface area contributed by atoms with Crippen molar-refractivity contribution in [1.82, 2.24) is 4.90 Å². The van der Waals surface area contributed by atoms with E-state index in [9.17, 15) is 4.79 Å². The van der Waals surface area contributed by atoms with E-state index in [1.807, 2.05) is 44.2 Å². The van der Waals surface area contributed by atoms with Crippen molar-refractivity contribution in [3.63, 3.8) is 0 Å². The molecule has 0 aliphatic rings. The fourth-order valence-corrected chi connectivity index (χ4v) is 2.23. The van der Waals surface area contributed by atoms with Crippen molar-refractivity contribution in [2.45, 2.75) is 46.4 Å². The molecule has 1 rings (SSSR count). The lowest BCUT2D eigenvalue weighted by atomic mass is 10.0. The minimum atomic E-state index is -0.298. The molecule has 1 atom stereocenters. The SMILES string of the molecule is CC(C)[C@H](CN)N(C(=O)OCc1ccccc1)C(C)C. The summed E-state index contributed by atoms with van der Waals surface area (Å²) in [7, 11) is 0. The van der Waals surface area contributed by atoms with Gasteiger partial charge >= 0.3 is 6.09 Å². The summed E-state index contributed by atoms with van der Waals surface area (Å²) in [6.45, 7) is 8.83. The van der Waals surface area contributed by atoms with Crippen LogP contribution in [0, 0.1) is 5.92 Å². The van der Waals surface area contributed by atoms with Gasteiger partial charge in [0.25, 0.3) is 0 Å². The Labute approximate surface area is 121 Å². The molecular formula is C16H26N2O2. The summed E-state index contributed by atoms with van der Waals surface area (Å²) in [5, 5.41) is 0. The largest absolute Gasteiger partial charge is 0.445 e. The fraction of sp³-hybridized carbons (Fsp3) is 0.562. The van der Waals surface area contributed by atoms with E-state index in [4.69, 9.17) is 10.5 Å².